The summed E-state index contributed by atoms with van der Waals surface area (Å²) in [6.07, 6.45) is 8.45. The molecule has 0 spiro atoms. The zero-order valence-electron chi connectivity index (χ0n) is 16.3. The lowest BCUT2D eigenvalue weighted by Crippen LogP contribution is -2.22. The van der Waals surface area contributed by atoms with Gasteiger partial charge in [0.2, 0.25) is 0 Å². The summed E-state index contributed by atoms with van der Waals surface area (Å²) < 4.78 is 28.6. The Morgan fingerprint density at radius 1 is 1.39 bits per heavy atom. The van der Waals surface area contributed by atoms with Crippen LogP contribution in [0.15, 0.2) is 35.1 Å². The van der Waals surface area contributed by atoms with Crippen LogP contribution < -0.4 is 9.46 Å². The molecule has 3 atom stereocenters. The minimum atomic E-state index is -1.20. The van der Waals surface area contributed by atoms with Gasteiger partial charge in [0.25, 0.3) is 0 Å². The Hall–Kier alpha value is -2.35. The molecule has 150 valence electrons. The Morgan fingerprint density at radius 2 is 2.29 bits per heavy atom. The van der Waals surface area contributed by atoms with Crippen molar-refractivity contribution in [1.29, 1.82) is 0 Å². The van der Waals surface area contributed by atoms with E-state index in [-0.39, 0.29) is 0 Å². The average Bonchev–Trinajstić information content (AvgIpc) is 3.31. The first kappa shape index (κ1) is 19.0. The molecular weight excluding hydrogens is 376 g/mol. The highest BCUT2D eigenvalue weighted by Gasteiger charge is 2.22. The predicted molar refractivity (Wildman–Crippen MR) is 110 cm³/mol. The maximum atomic E-state index is 12.7. The van der Waals surface area contributed by atoms with Gasteiger partial charge in [-0.05, 0) is 48.4 Å². The quantitative estimate of drug-likeness (QED) is 0.646. The third-order valence-electron chi connectivity index (χ3n) is 5.36. The van der Waals surface area contributed by atoms with Gasteiger partial charge < -0.3 is 9.26 Å². The number of nitrogens with one attached hydrogen (secondary N) is 1. The molecular formula is C20H26N4O3S. The Labute approximate surface area is 167 Å². The molecule has 3 aromatic rings. The van der Waals surface area contributed by atoms with Gasteiger partial charge in [-0.2, -0.15) is 5.10 Å². The highest BCUT2D eigenvalue weighted by Crippen LogP contribution is 2.35. The summed E-state index contributed by atoms with van der Waals surface area (Å²) >= 11 is 0. The molecule has 1 fully saturated rings. The van der Waals surface area contributed by atoms with Crippen LogP contribution in [-0.2, 0) is 17.5 Å². The molecule has 0 bridgehead atoms. The van der Waals surface area contributed by atoms with Crippen molar-refractivity contribution < 1.29 is 13.5 Å². The number of hydrogen-bond acceptors (Lipinski definition) is 5. The van der Waals surface area contributed by atoms with Crippen molar-refractivity contribution >= 4 is 27.8 Å². The second kappa shape index (κ2) is 8.34. The van der Waals surface area contributed by atoms with Gasteiger partial charge in [-0.1, -0.05) is 24.9 Å². The molecule has 4 rings (SSSR count). The number of anilines is 1. The molecule has 2 heterocycles. The van der Waals surface area contributed by atoms with Crippen molar-refractivity contribution in [2.24, 2.45) is 11.8 Å². The van der Waals surface area contributed by atoms with E-state index in [1.165, 1.54) is 12.8 Å². The summed E-state index contributed by atoms with van der Waals surface area (Å²) in [5.74, 6) is 2.97. The van der Waals surface area contributed by atoms with Crippen LogP contribution in [0.4, 0.5) is 5.82 Å². The molecule has 28 heavy (non-hydrogen) atoms. The lowest BCUT2D eigenvalue weighted by Gasteiger charge is -2.26. The van der Waals surface area contributed by atoms with E-state index < -0.39 is 11.0 Å². The second-order valence-corrected chi connectivity index (χ2v) is 8.89. The monoisotopic (exact) mass is 402 g/mol. The van der Waals surface area contributed by atoms with E-state index in [0.717, 1.165) is 29.7 Å². The van der Waals surface area contributed by atoms with Crippen molar-refractivity contribution in [3.63, 3.8) is 0 Å². The SMILES string of the molecule is COc1cc(Cn2cccn2)cc2onc(NS(=O)CC3CCCC(C)C3)c12. The van der Waals surface area contributed by atoms with Gasteiger partial charge in [-0.15, -0.1) is 0 Å². The smallest absolute Gasteiger partial charge is 0.192 e. The van der Waals surface area contributed by atoms with Crippen LogP contribution in [0.1, 0.15) is 38.2 Å². The lowest BCUT2D eigenvalue weighted by molar-refractivity contribution is 0.304. The topological polar surface area (TPSA) is 82.2 Å². The van der Waals surface area contributed by atoms with Crippen LogP contribution in [0.2, 0.25) is 0 Å². The second-order valence-electron chi connectivity index (χ2n) is 7.66. The Morgan fingerprint density at radius 3 is 3.04 bits per heavy atom. The van der Waals surface area contributed by atoms with E-state index in [0.29, 0.717) is 35.4 Å². The molecule has 2 aromatic heterocycles. The number of hydrogen-bond donors (Lipinski definition) is 1. The van der Waals surface area contributed by atoms with Crippen LogP contribution in [0.5, 0.6) is 5.75 Å². The molecule has 1 aliphatic carbocycles. The van der Waals surface area contributed by atoms with Gasteiger partial charge in [0, 0.05) is 18.1 Å². The zero-order valence-corrected chi connectivity index (χ0v) is 17.1. The summed E-state index contributed by atoms with van der Waals surface area (Å²) in [6, 6.07) is 5.75. The Kier molecular flexibility index (Phi) is 5.66. The van der Waals surface area contributed by atoms with Gasteiger partial charge in [-0.25, -0.2) is 4.21 Å². The number of methoxy groups -OCH3 is 1. The van der Waals surface area contributed by atoms with E-state index in [2.05, 4.69) is 21.9 Å². The third kappa shape index (κ3) is 4.22. The summed E-state index contributed by atoms with van der Waals surface area (Å²) in [5, 5.41) is 9.06. The molecule has 0 amide bonds. The summed E-state index contributed by atoms with van der Waals surface area (Å²) in [4.78, 5) is 0. The van der Waals surface area contributed by atoms with Crippen LogP contribution >= 0.6 is 0 Å². The first-order valence-corrected chi connectivity index (χ1v) is 11.0. The maximum Gasteiger partial charge on any atom is 0.192 e. The molecule has 7 nitrogen and oxygen atoms in total. The van der Waals surface area contributed by atoms with Gasteiger partial charge in [0.1, 0.15) is 22.1 Å². The number of nitrogens with zero attached hydrogens (tertiary/aromatic N) is 3. The van der Waals surface area contributed by atoms with Crippen molar-refractivity contribution in [1.82, 2.24) is 14.9 Å². The highest BCUT2D eigenvalue weighted by atomic mass is 32.2. The van der Waals surface area contributed by atoms with Crippen LogP contribution in [0.25, 0.3) is 11.0 Å². The molecule has 0 saturated heterocycles. The minimum Gasteiger partial charge on any atom is -0.496 e. The average molecular weight is 403 g/mol. The van der Waals surface area contributed by atoms with Crippen molar-refractivity contribution in [2.75, 3.05) is 17.6 Å². The van der Waals surface area contributed by atoms with Gasteiger partial charge >= 0.3 is 0 Å². The Bertz CT molecular complexity index is 954. The zero-order chi connectivity index (χ0) is 19.5. The van der Waals surface area contributed by atoms with E-state index >= 15 is 0 Å². The fourth-order valence-corrected chi connectivity index (χ4v) is 5.24. The van der Waals surface area contributed by atoms with Crippen molar-refractivity contribution in [3.05, 3.63) is 36.2 Å². The van der Waals surface area contributed by atoms with Crippen LogP contribution in [0, 0.1) is 11.8 Å². The van der Waals surface area contributed by atoms with Crippen LogP contribution in [-0.4, -0.2) is 32.0 Å². The van der Waals surface area contributed by atoms with E-state index in [9.17, 15) is 4.21 Å². The van der Waals surface area contributed by atoms with Crippen molar-refractivity contribution in [3.8, 4) is 5.75 Å². The predicted octanol–water partition coefficient (Wildman–Crippen LogP) is 3.98. The van der Waals surface area contributed by atoms with Gasteiger partial charge in [0.05, 0.1) is 13.7 Å². The molecule has 0 radical (unpaired) electrons. The van der Waals surface area contributed by atoms with E-state index in [4.69, 9.17) is 9.26 Å². The normalized spacial score (nSPS) is 20.9. The standard InChI is InChI=1S/C20H26N4O3S/c1-14-5-3-6-15(9-14)13-28(25)23-20-19-17(26-2)10-16(11-18(19)27-22-20)12-24-8-4-7-21-24/h4,7-8,10-11,14-15H,3,5-6,9,12-13H2,1-2H3,(H,22,23). The van der Waals surface area contributed by atoms with E-state index in [1.54, 1.807) is 13.3 Å². The molecule has 0 aliphatic heterocycles. The summed E-state index contributed by atoms with van der Waals surface area (Å²) in [7, 11) is 0.413. The molecule has 1 saturated carbocycles. The van der Waals surface area contributed by atoms with Gasteiger partial charge in [0.15, 0.2) is 11.4 Å². The molecule has 3 unspecified atom stereocenters. The molecule has 1 N–H and O–H groups in total. The fourth-order valence-electron chi connectivity index (χ4n) is 4.07. The molecule has 1 aromatic carbocycles. The summed E-state index contributed by atoms with van der Waals surface area (Å²) in [5.41, 5.74) is 1.60. The largest absolute Gasteiger partial charge is 0.496 e. The summed E-state index contributed by atoms with van der Waals surface area (Å²) in [6.45, 7) is 2.88. The minimum absolute atomic E-state index is 0.472. The lowest BCUT2D eigenvalue weighted by atomic mass is 9.83. The number of fused-ring (bicyclic) bond motifs is 1. The number of benzene rings is 1. The van der Waals surface area contributed by atoms with Gasteiger partial charge in [-0.3, -0.25) is 9.40 Å². The van der Waals surface area contributed by atoms with E-state index in [1.807, 2.05) is 29.1 Å². The van der Waals surface area contributed by atoms with Crippen LogP contribution in [0.3, 0.4) is 0 Å². The number of ether oxygens (including phenoxy) is 1. The first-order chi connectivity index (χ1) is 13.6. The highest BCUT2D eigenvalue weighted by molar-refractivity contribution is 7.86. The first-order valence-electron chi connectivity index (χ1n) is 9.71. The Balaban J connectivity index is 1.52. The number of aromatic nitrogens is 3. The third-order valence-corrected chi connectivity index (χ3v) is 6.56. The van der Waals surface area contributed by atoms with Crippen molar-refractivity contribution in [2.45, 2.75) is 39.2 Å². The molecule has 1 aliphatic rings. The molecule has 8 heteroatoms. The number of rotatable bonds is 7. The maximum absolute atomic E-state index is 12.7. The fraction of sp³-hybridized carbons (Fsp3) is 0.500.